The third-order valence-electron chi connectivity index (χ3n) is 4.97. The summed E-state index contributed by atoms with van der Waals surface area (Å²) in [6, 6.07) is 16.6. The summed E-state index contributed by atoms with van der Waals surface area (Å²) in [5.41, 5.74) is 2.86. The average Bonchev–Trinajstić information content (AvgIpc) is 2.73. The Morgan fingerprint density at radius 3 is 2.46 bits per heavy atom. The van der Waals surface area contributed by atoms with Crippen molar-refractivity contribution in [1.29, 1.82) is 0 Å². The number of hydrogen-bond acceptors (Lipinski definition) is 4. The van der Waals surface area contributed by atoms with Gasteiger partial charge in [-0.15, -0.1) is 0 Å². The summed E-state index contributed by atoms with van der Waals surface area (Å²) in [7, 11) is 4.67. The topological polar surface area (TPSA) is 59.1 Å². The van der Waals surface area contributed by atoms with E-state index in [0.717, 1.165) is 11.1 Å². The van der Waals surface area contributed by atoms with Crippen LogP contribution in [0.3, 0.4) is 0 Å². The van der Waals surface area contributed by atoms with Gasteiger partial charge in [0.2, 0.25) is 0 Å². The monoisotopic (exact) mass is 380 g/mol. The summed E-state index contributed by atoms with van der Waals surface area (Å²) in [6.45, 7) is 2.19. The number of amides is 2. The van der Waals surface area contributed by atoms with E-state index in [9.17, 15) is 9.59 Å². The van der Waals surface area contributed by atoms with Gasteiger partial charge in [0.25, 0.3) is 0 Å². The molecule has 146 valence electrons. The highest BCUT2D eigenvalue weighted by Crippen LogP contribution is 2.37. The fourth-order valence-electron chi connectivity index (χ4n) is 3.34. The summed E-state index contributed by atoms with van der Waals surface area (Å²) in [5.74, 6) is 0.215. The van der Waals surface area contributed by atoms with E-state index in [1.807, 2.05) is 54.6 Å². The zero-order chi connectivity index (χ0) is 20.3. The van der Waals surface area contributed by atoms with Crippen LogP contribution in [0.5, 0.6) is 5.75 Å². The van der Waals surface area contributed by atoms with Gasteiger partial charge in [-0.05, 0) is 30.2 Å². The fourth-order valence-corrected chi connectivity index (χ4v) is 3.34. The predicted octanol–water partition coefficient (Wildman–Crippen LogP) is 3.75. The van der Waals surface area contributed by atoms with Crippen LogP contribution in [-0.2, 0) is 16.1 Å². The Morgan fingerprint density at radius 2 is 1.79 bits per heavy atom. The minimum Gasteiger partial charge on any atom is -0.489 e. The number of carbonyl (C=O) groups is 2. The van der Waals surface area contributed by atoms with E-state index < -0.39 is 12.0 Å². The first-order chi connectivity index (χ1) is 13.4. The van der Waals surface area contributed by atoms with E-state index in [2.05, 4.69) is 0 Å². The normalized spacial score (nSPS) is 17.0. The van der Waals surface area contributed by atoms with Crippen molar-refractivity contribution < 1.29 is 19.1 Å². The van der Waals surface area contributed by atoms with Gasteiger partial charge in [-0.3, -0.25) is 0 Å². The molecule has 1 atom stereocenters. The highest BCUT2D eigenvalue weighted by atomic mass is 16.5. The lowest BCUT2D eigenvalue weighted by Gasteiger charge is -2.39. The zero-order valence-corrected chi connectivity index (χ0v) is 16.5. The quantitative estimate of drug-likeness (QED) is 0.742. The van der Waals surface area contributed by atoms with Gasteiger partial charge >= 0.3 is 12.0 Å². The molecule has 0 saturated heterocycles. The number of nitrogens with zero attached hydrogens (tertiary/aromatic N) is 2. The van der Waals surface area contributed by atoms with E-state index in [-0.39, 0.29) is 6.03 Å². The number of esters is 1. The van der Waals surface area contributed by atoms with Gasteiger partial charge in [0.15, 0.2) is 0 Å². The SMILES string of the molecule is COC(=O)C1=C(C)N(C)C(=O)N(C)[C@@H]1c1cccc(OCc2ccccc2)c1. The van der Waals surface area contributed by atoms with Crippen molar-refractivity contribution in [2.24, 2.45) is 0 Å². The van der Waals surface area contributed by atoms with Gasteiger partial charge in [-0.2, -0.15) is 0 Å². The maximum Gasteiger partial charge on any atom is 0.337 e. The van der Waals surface area contributed by atoms with Crippen LogP contribution in [0.4, 0.5) is 4.79 Å². The van der Waals surface area contributed by atoms with Crippen LogP contribution in [0.1, 0.15) is 24.1 Å². The summed E-state index contributed by atoms with van der Waals surface area (Å²) >= 11 is 0. The van der Waals surface area contributed by atoms with Crippen LogP contribution in [0.25, 0.3) is 0 Å². The second-order valence-corrected chi connectivity index (χ2v) is 6.69. The Balaban J connectivity index is 1.94. The number of likely N-dealkylation sites (N-methyl/N-ethyl adjacent to an activating group) is 1. The second-order valence-electron chi connectivity index (χ2n) is 6.69. The van der Waals surface area contributed by atoms with Crippen LogP contribution in [0, 0.1) is 0 Å². The van der Waals surface area contributed by atoms with E-state index in [4.69, 9.17) is 9.47 Å². The van der Waals surface area contributed by atoms with Crippen molar-refractivity contribution in [2.75, 3.05) is 21.2 Å². The van der Waals surface area contributed by atoms with E-state index in [1.165, 1.54) is 16.9 Å². The highest BCUT2D eigenvalue weighted by Gasteiger charge is 2.39. The summed E-state index contributed by atoms with van der Waals surface area (Å²) in [5, 5.41) is 0. The summed E-state index contributed by atoms with van der Waals surface area (Å²) in [6.07, 6.45) is 0. The van der Waals surface area contributed by atoms with Gasteiger partial charge in [-0.25, -0.2) is 9.59 Å². The Hall–Kier alpha value is -3.28. The standard InChI is InChI=1S/C22H24N2O4/c1-15-19(21(25)27-4)20(24(3)22(26)23(15)2)17-11-8-12-18(13-17)28-14-16-9-6-5-7-10-16/h5-13,20H,14H2,1-4H3/t20-/m1/s1. The molecule has 2 amide bonds. The fraction of sp³-hybridized carbons (Fsp3) is 0.273. The molecule has 0 aromatic heterocycles. The molecule has 1 heterocycles. The van der Waals surface area contributed by atoms with Gasteiger partial charge in [0.05, 0.1) is 18.7 Å². The molecule has 28 heavy (non-hydrogen) atoms. The lowest BCUT2D eigenvalue weighted by molar-refractivity contribution is -0.137. The molecule has 1 aliphatic rings. The molecule has 0 saturated carbocycles. The molecule has 6 nitrogen and oxygen atoms in total. The number of urea groups is 1. The molecule has 0 unspecified atom stereocenters. The minimum absolute atomic E-state index is 0.189. The lowest BCUT2D eigenvalue weighted by Crippen LogP contribution is -2.47. The Labute approximate surface area is 165 Å². The number of allylic oxidation sites excluding steroid dienone is 1. The highest BCUT2D eigenvalue weighted by molar-refractivity contribution is 5.94. The van der Waals surface area contributed by atoms with Crippen LogP contribution in [-0.4, -0.2) is 43.0 Å². The maximum atomic E-state index is 12.6. The molecule has 0 aliphatic carbocycles. The first-order valence-electron chi connectivity index (χ1n) is 9.00. The molecule has 0 bridgehead atoms. The zero-order valence-electron chi connectivity index (χ0n) is 16.5. The largest absolute Gasteiger partial charge is 0.489 e. The first-order valence-corrected chi connectivity index (χ1v) is 9.00. The van der Waals surface area contributed by atoms with Crippen molar-refractivity contribution in [3.8, 4) is 5.75 Å². The minimum atomic E-state index is -0.545. The van der Waals surface area contributed by atoms with Gasteiger partial charge in [-0.1, -0.05) is 42.5 Å². The predicted molar refractivity (Wildman–Crippen MR) is 106 cm³/mol. The number of hydrogen-bond donors (Lipinski definition) is 0. The van der Waals surface area contributed by atoms with Gasteiger partial charge in [0, 0.05) is 19.8 Å². The van der Waals surface area contributed by atoms with Crippen LogP contribution < -0.4 is 4.74 Å². The molecular formula is C22H24N2O4. The molecule has 0 radical (unpaired) electrons. The van der Waals surface area contributed by atoms with E-state index >= 15 is 0 Å². The Bertz CT molecular complexity index is 908. The molecule has 6 heteroatoms. The average molecular weight is 380 g/mol. The van der Waals surface area contributed by atoms with E-state index in [0.29, 0.717) is 23.6 Å². The molecule has 0 spiro atoms. The van der Waals surface area contributed by atoms with Gasteiger partial charge in [0.1, 0.15) is 12.4 Å². The number of rotatable bonds is 5. The Morgan fingerprint density at radius 1 is 1.07 bits per heavy atom. The molecule has 2 aromatic carbocycles. The van der Waals surface area contributed by atoms with Crippen molar-refractivity contribution in [3.05, 3.63) is 77.0 Å². The number of ether oxygens (including phenoxy) is 2. The number of methoxy groups -OCH3 is 1. The summed E-state index contributed by atoms with van der Waals surface area (Å²) < 4.78 is 10.9. The molecule has 0 fully saturated rings. The summed E-state index contributed by atoms with van der Waals surface area (Å²) in [4.78, 5) is 28.1. The Kier molecular flexibility index (Phi) is 5.68. The van der Waals surface area contributed by atoms with Crippen LogP contribution >= 0.6 is 0 Å². The van der Waals surface area contributed by atoms with Crippen molar-refractivity contribution in [2.45, 2.75) is 19.6 Å². The molecule has 2 aromatic rings. The molecule has 3 rings (SSSR count). The molecule has 0 N–H and O–H groups in total. The third-order valence-corrected chi connectivity index (χ3v) is 4.97. The van der Waals surface area contributed by atoms with Gasteiger partial charge < -0.3 is 19.3 Å². The van der Waals surface area contributed by atoms with Crippen molar-refractivity contribution >= 4 is 12.0 Å². The molecule has 1 aliphatic heterocycles. The first kappa shape index (κ1) is 19.5. The maximum absolute atomic E-state index is 12.6. The molecular weight excluding hydrogens is 356 g/mol. The number of carbonyl (C=O) groups excluding carboxylic acids is 2. The van der Waals surface area contributed by atoms with Crippen molar-refractivity contribution in [3.63, 3.8) is 0 Å². The smallest absolute Gasteiger partial charge is 0.337 e. The number of benzene rings is 2. The van der Waals surface area contributed by atoms with Crippen molar-refractivity contribution in [1.82, 2.24) is 9.80 Å². The lowest BCUT2D eigenvalue weighted by atomic mass is 9.93. The van der Waals surface area contributed by atoms with Crippen LogP contribution in [0.15, 0.2) is 65.9 Å². The van der Waals surface area contributed by atoms with Crippen LogP contribution in [0.2, 0.25) is 0 Å². The second kappa shape index (κ2) is 8.17. The van der Waals surface area contributed by atoms with E-state index in [1.54, 1.807) is 21.0 Å². The third kappa shape index (κ3) is 3.71.